The van der Waals surface area contributed by atoms with E-state index in [1.807, 2.05) is 91.0 Å². The van der Waals surface area contributed by atoms with Crippen molar-refractivity contribution >= 4 is 0 Å². The van der Waals surface area contributed by atoms with Crippen molar-refractivity contribution in [3.63, 3.8) is 0 Å². The highest BCUT2D eigenvalue weighted by Gasteiger charge is 2.56. The summed E-state index contributed by atoms with van der Waals surface area (Å²) in [7, 11) is 3.00. The third-order valence-electron chi connectivity index (χ3n) is 6.23. The highest BCUT2D eigenvalue weighted by Crippen LogP contribution is 2.35. The first-order valence-electron chi connectivity index (χ1n) is 12.0. The number of rotatable bonds is 12. The molecule has 1 N–H and O–H groups in total. The van der Waals surface area contributed by atoms with Crippen molar-refractivity contribution in [3.05, 3.63) is 108 Å². The Kier molecular flexibility index (Phi) is 9.60. The van der Waals surface area contributed by atoms with E-state index in [4.69, 9.17) is 28.4 Å². The molecule has 1 aliphatic rings. The average Bonchev–Trinajstić information content (AvgIpc) is 2.94. The first-order chi connectivity index (χ1) is 17.6. The SMILES string of the molecule is CO[C@@H]1O[C@@](COCc2ccccc2)(OC)[C@@H](O)[C@H](OCc2ccccc2)[C@H]1OCc1ccccc1. The van der Waals surface area contributed by atoms with E-state index in [1.165, 1.54) is 14.2 Å². The van der Waals surface area contributed by atoms with Gasteiger partial charge in [0.05, 0.1) is 19.8 Å². The lowest BCUT2D eigenvalue weighted by Crippen LogP contribution is -2.68. The molecule has 0 saturated carbocycles. The topological polar surface area (TPSA) is 75.6 Å². The zero-order chi connectivity index (χ0) is 25.2. The van der Waals surface area contributed by atoms with Crippen LogP contribution in [0.25, 0.3) is 0 Å². The summed E-state index contributed by atoms with van der Waals surface area (Å²) in [4.78, 5) is 0. The van der Waals surface area contributed by atoms with Gasteiger partial charge in [0.2, 0.25) is 5.79 Å². The Morgan fingerprint density at radius 3 is 1.64 bits per heavy atom. The third-order valence-corrected chi connectivity index (χ3v) is 6.23. The van der Waals surface area contributed by atoms with Gasteiger partial charge in [-0.3, -0.25) is 0 Å². The summed E-state index contributed by atoms with van der Waals surface area (Å²) in [5.41, 5.74) is 2.95. The van der Waals surface area contributed by atoms with Crippen LogP contribution in [-0.4, -0.2) is 56.3 Å². The fourth-order valence-corrected chi connectivity index (χ4v) is 4.23. The number of ether oxygens (including phenoxy) is 6. The summed E-state index contributed by atoms with van der Waals surface area (Å²) in [5, 5.41) is 11.5. The molecule has 5 atom stereocenters. The molecule has 3 aromatic rings. The first kappa shape index (κ1) is 26.4. The van der Waals surface area contributed by atoms with Crippen LogP contribution in [-0.2, 0) is 48.2 Å². The van der Waals surface area contributed by atoms with Gasteiger partial charge in [0.25, 0.3) is 0 Å². The summed E-state index contributed by atoms with van der Waals surface area (Å²) >= 11 is 0. The van der Waals surface area contributed by atoms with Gasteiger partial charge < -0.3 is 33.5 Å². The van der Waals surface area contributed by atoms with Crippen LogP contribution in [0.4, 0.5) is 0 Å². The predicted molar refractivity (Wildman–Crippen MR) is 134 cm³/mol. The highest BCUT2D eigenvalue weighted by molar-refractivity contribution is 5.15. The summed E-state index contributed by atoms with van der Waals surface area (Å²) in [6, 6.07) is 29.3. The Morgan fingerprint density at radius 1 is 0.694 bits per heavy atom. The molecule has 0 bridgehead atoms. The van der Waals surface area contributed by atoms with E-state index < -0.39 is 30.4 Å². The second-order valence-electron chi connectivity index (χ2n) is 8.68. The van der Waals surface area contributed by atoms with Crippen LogP contribution < -0.4 is 0 Å². The molecule has 0 unspecified atom stereocenters. The Balaban J connectivity index is 1.53. The van der Waals surface area contributed by atoms with E-state index >= 15 is 0 Å². The molecular weight excluding hydrogens is 460 g/mol. The average molecular weight is 495 g/mol. The summed E-state index contributed by atoms with van der Waals surface area (Å²) in [6.07, 6.45) is -3.61. The van der Waals surface area contributed by atoms with Gasteiger partial charge in [0.1, 0.15) is 24.9 Å². The van der Waals surface area contributed by atoms with E-state index in [0.717, 1.165) is 16.7 Å². The van der Waals surface area contributed by atoms with E-state index in [9.17, 15) is 5.11 Å². The summed E-state index contributed by atoms with van der Waals surface area (Å²) in [6.45, 7) is 0.880. The zero-order valence-corrected chi connectivity index (χ0v) is 20.7. The van der Waals surface area contributed by atoms with Gasteiger partial charge in [-0.25, -0.2) is 0 Å². The molecule has 1 fully saturated rings. The van der Waals surface area contributed by atoms with Crippen molar-refractivity contribution in [2.45, 2.75) is 50.2 Å². The monoisotopic (exact) mass is 494 g/mol. The molecule has 7 heteroatoms. The van der Waals surface area contributed by atoms with Gasteiger partial charge in [0, 0.05) is 14.2 Å². The van der Waals surface area contributed by atoms with E-state index in [-0.39, 0.29) is 13.2 Å². The van der Waals surface area contributed by atoms with Gasteiger partial charge in [0.15, 0.2) is 6.29 Å². The molecule has 7 nitrogen and oxygen atoms in total. The molecular formula is C29H34O7. The van der Waals surface area contributed by atoms with Crippen LogP contribution in [0.15, 0.2) is 91.0 Å². The molecule has 36 heavy (non-hydrogen) atoms. The lowest BCUT2D eigenvalue weighted by molar-refractivity contribution is -0.411. The molecule has 0 spiro atoms. The van der Waals surface area contributed by atoms with Crippen molar-refractivity contribution in [3.8, 4) is 0 Å². The number of aliphatic hydroxyl groups is 1. The van der Waals surface area contributed by atoms with Gasteiger partial charge in [-0.15, -0.1) is 0 Å². The Hall–Kier alpha value is -2.62. The molecule has 4 rings (SSSR count). The van der Waals surface area contributed by atoms with Crippen LogP contribution in [0.3, 0.4) is 0 Å². The second-order valence-corrected chi connectivity index (χ2v) is 8.68. The first-order valence-corrected chi connectivity index (χ1v) is 12.0. The lowest BCUT2D eigenvalue weighted by atomic mass is 9.95. The van der Waals surface area contributed by atoms with E-state index in [0.29, 0.717) is 13.2 Å². The van der Waals surface area contributed by atoms with Crippen molar-refractivity contribution in [1.82, 2.24) is 0 Å². The van der Waals surface area contributed by atoms with Crippen LogP contribution >= 0.6 is 0 Å². The van der Waals surface area contributed by atoms with Gasteiger partial charge in [-0.1, -0.05) is 91.0 Å². The fourth-order valence-electron chi connectivity index (χ4n) is 4.23. The maximum absolute atomic E-state index is 11.5. The predicted octanol–water partition coefficient (Wildman–Crippen LogP) is 4.08. The lowest BCUT2D eigenvalue weighted by Gasteiger charge is -2.49. The van der Waals surface area contributed by atoms with Gasteiger partial charge in [-0.2, -0.15) is 0 Å². The summed E-state index contributed by atoms with van der Waals surface area (Å²) < 4.78 is 36.0. The van der Waals surface area contributed by atoms with Gasteiger partial charge >= 0.3 is 0 Å². The number of aliphatic hydroxyl groups excluding tert-OH is 1. The van der Waals surface area contributed by atoms with E-state index in [2.05, 4.69) is 0 Å². The number of methoxy groups -OCH3 is 2. The van der Waals surface area contributed by atoms with E-state index in [1.54, 1.807) is 0 Å². The fraction of sp³-hybridized carbons (Fsp3) is 0.379. The zero-order valence-electron chi connectivity index (χ0n) is 20.7. The minimum absolute atomic E-state index is 0.0317. The Labute approximate surface area is 212 Å². The number of hydrogen-bond donors (Lipinski definition) is 1. The maximum atomic E-state index is 11.5. The minimum Gasteiger partial charge on any atom is -0.385 e. The molecule has 0 aliphatic carbocycles. The third kappa shape index (κ3) is 6.57. The van der Waals surface area contributed by atoms with Crippen LogP contribution in [0.5, 0.6) is 0 Å². The maximum Gasteiger partial charge on any atom is 0.223 e. The normalized spacial score (nSPS) is 26.1. The molecule has 1 saturated heterocycles. The standard InChI is InChI=1S/C29H34O7/c1-31-28-26(35-20-24-16-10-5-11-17-24)25(34-19-23-14-8-4-9-15-23)27(30)29(32-2,36-28)21-33-18-22-12-6-3-7-13-22/h3-17,25-28,30H,18-21H2,1-2H3/t25-,26-,27+,28-,29-/m1/s1. The molecule has 0 radical (unpaired) electrons. The smallest absolute Gasteiger partial charge is 0.223 e. The van der Waals surface area contributed by atoms with Crippen molar-refractivity contribution in [2.24, 2.45) is 0 Å². The molecule has 3 aromatic carbocycles. The highest BCUT2D eigenvalue weighted by atomic mass is 16.8. The van der Waals surface area contributed by atoms with Crippen LogP contribution in [0.2, 0.25) is 0 Å². The number of hydrogen-bond acceptors (Lipinski definition) is 7. The largest absolute Gasteiger partial charge is 0.385 e. The molecule has 0 aromatic heterocycles. The van der Waals surface area contributed by atoms with Crippen LogP contribution in [0.1, 0.15) is 16.7 Å². The summed E-state index contributed by atoms with van der Waals surface area (Å²) in [5.74, 6) is -1.51. The van der Waals surface area contributed by atoms with Gasteiger partial charge in [-0.05, 0) is 16.7 Å². The van der Waals surface area contributed by atoms with Crippen LogP contribution in [0, 0.1) is 0 Å². The molecule has 192 valence electrons. The van der Waals surface area contributed by atoms with Crippen molar-refractivity contribution in [2.75, 3.05) is 20.8 Å². The minimum atomic E-state index is -1.51. The Bertz CT molecular complexity index is 1020. The molecule has 1 heterocycles. The van der Waals surface area contributed by atoms with Crippen molar-refractivity contribution < 1.29 is 33.5 Å². The second kappa shape index (κ2) is 13.1. The quantitative estimate of drug-likeness (QED) is 0.407. The number of benzene rings is 3. The molecule has 0 amide bonds. The Morgan fingerprint density at radius 2 is 1.17 bits per heavy atom. The molecule has 1 aliphatic heterocycles. The van der Waals surface area contributed by atoms with Crippen molar-refractivity contribution in [1.29, 1.82) is 0 Å².